The predicted octanol–water partition coefficient (Wildman–Crippen LogP) is 2.26. The Morgan fingerprint density at radius 3 is 2.48 bits per heavy atom. The molecule has 3 rings (SSSR count). The van der Waals surface area contributed by atoms with Crippen molar-refractivity contribution in [3.8, 4) is 11.6 Å². The molecular formula is C14H10N6O3. The zero-order valence-corrected chi connectivity index (χ0v) is 11.7. The number of ether oxygens (including phenoxy) is 1. The highest BCUT2D eigenvalue weighted by atomic mass is 16.6. The van der Waals surface area contributed by atoms with Crippen molar-refractivity contribution in [1.29, 1.82) is 0 Å². The van der Waals surface area contributed by atoms with Gasteiger partial charge in [-0.15, -0.1) is 10.2 Å². The molecule has 23 heavy (non-hydrogen) atoms. The summed E-state index contributed by atoms with van der Waals surface area (Å²) in [5, 5.41) is 22.0. The molecule has 0 atom stereocenters. The molecule has 0 fully saturated rings. The number of nitrogens with zero attached hydrogens (tertiary/aromatic N) is 6. The molecule has 1 aromatic carbocycles. The van der Waals surface area contributed by atoms with E-state index in [1.807, 2.05) is 12.1 Å². The first-order valence-corrected chi connectivity index (χ1v) is 6.48. The van der Waals surface area contributed by atoms with E-state index in [0.717, 1.165) is 11.8 Å². The summed E-state index contributed by atoms with van der Waals surface area (Å²) in [4.78, 5) is 13.9. The first kappa shape index (κ1) is 14.3. The monoisotopic (exact) mass is 310 g/mol. The molecule has 0 saturated heterocycles. The fourth-order valence-corrected chi connectivity index (χ4v) is 1.67. The van der Waals surface area contributed by atoms with E-state index in [0.29, 0.717) is 5.75 Å². The quantitative estimate of drug-likeness (QED) is 0.406. The third kappa shape index (κ3) is 3.73. The maximum atomic E-state index is 10.6. The number of hydrogen-bond acceptors (Lipinski definition) is 7. The van der Waals surface area contributed by atoms with Crippen molar-refractivity contribution in [2.24, 2.45) is 5.10 Å². The molecule has 114 valence electrons. The van der Waals surface area contributed by atoms with Crippen LogP contribution in [0, 0.1) is 10.1 Å². The van der Waals surface area contributed by atoms with Gasteiger partial charge in [0.2, 0.25) is 5.88 Å². The second kappa shape index (κ2) is 6.43. The Morgan fingerprint density at radius 1 is 1.13 bits per heavy atom. The van der Waals surface area contributed by atoms with E-state index in [1.165, 1.54) is 29.5 Å². The van der Waals surface area contributed by atoms with Gasteiger partial charge in [0.1, 0.15) is 24.6 Å². The molecule has 0 N–H and O–H groups in total. The number of nitro groups is 1. The largest absolute Gasteiger partial charge is 0.439 e. The van der Waals surface area contributed by atoms with Crippen LogP contribution in [0.3, 0.4) is 0 Å². The summed E-state index contributed by atoms with van der Waals surface area (Å²) in [6.45, 7) is 0. The second-order valence-electron chi connectivity index (χ2n) is 4.37. The van der Waals surface area contributed by atoms with Crippen LogP contribution in [-0.4, -0.2) is 31.0 Å². The Labute approximate surface area is 130 Å². The van der Waals surface area contributed by atoms with Gasteiger partial charge in [-0.25, -0.2) is 9.66 Å². The fourth-order valence-electron chi connectivity index (χ4n) is 1.67. The molecule has 2 heterocycles. The lowest BCUT2D eigenvalue weighted by Crippen LogP contribution is -1.92. The third-order valence-corrected chi connectivity index (χ3v) is 2.78. The molecule has 2 aromatic heterocycles. The number of hydrogen-bond donors (Lipinski definition) is 0. The molecule has 0 spiro atoms. The van der Waals surface area contributed by atoms with E-state index >= 15 is 0 Å². The van der Waals surface area contributed by atoms with Gasteiger partial charge < -0.3 is 4.74 Å². The molecular weight excluding hydrogens is 300 g/mol. The molecule has 0 aliphatic heterocycles. The van der Waals surface area contributed by atoms with Gasteiger partial charge in [-0.3, -0.25) is 10.1 Å². The van der Waals surface area contributed by atoms with E-state index in [1.54, 1.807) is 18.3 Å². The van der Waals surface area contributed by atoms with Crippen LogP contribution < -0.4 is 4.74 Å². The Morgan fingerprint density at radius 2 is 1.87 bits per heavy atom. The van der Waals surface area contributed by atoms with E-state index in [9.17, 15) is 10.1 Å². The zero-order chi connectivity index (χ0) is 16.1. The van der Waals surface area contributed by atoms with E-state index in [2.05, 4.69) is 20.3 Å². The molecule has 0 bridgehead atoms. The lowest BCUT2D eigenvalue weighted by Gasteiger charge is -2.04. The highest BCUT2D eigenvalue weighted by Crippen LogP contribution is 2.21. The molecule has 0 amide bonds. The van der Waals surface area contributed by atoms with Gasteiger partial charge >= 0.3 is 0 Å². The van der Waals surface area contributed by atoms with Gasteiger partial charge in [-0.2, -0.15) is 5.10 Å². The molecule has 9 heteroatoms. The van der Waals surface area contributed by atoms with Crippen molar-refractivity contribution in [2.45, 2.75) is 0 Å². The summed E-state index contributed by atoms with van der Waals surface area (Å²) in [6, 6.07) is 9.90. The van der Waals surface area contributed by atoms with E-state index < -0.39 is 4.92 Å². The summed E-state index contributed by atoms with van der Waals surface area (Å²) < 4.78 is 6.99. The van der Waals surface area contributed by atoms with Crippen molar-refractivity contribution in [1.82, 2.24) is 19.9 Å². The van der Waals surface area contributed by atoms with Crippen LogP contribution in [0.4, 0.5) is 5.69 Å². The van der Waals surface area contributed by atoms with Gasteiger partial charge in [0, 0.05) is 12.1 Å². The Balaban J connectivity index is 1.66. The predicted molar refractivity (Wildman–Crippen MR) is 80.4 cm³/mol. The van der Waals surface area contributed by atoms with Crippen LogP contribution in [0.15, 0.2) is 60.4 Å². The highest BCUT2D eigenvalue weighted by molar-refractivity contribution is 5.79. The van der Waals surface area contributed by atoms with Crippen LogP contribution in [-0.2, 0) is 0 Å². The molecule has 0 aliphatic carbocycles. The first-order valence-electron chi connectivity index (χ1n) is 6.48. The third-order valence-electron chi connectivity index (χ3n) is 2.78. The number of rotatable bonds is 5. The second-order valence-corrected chi connectivity index (χ2v) is 4.37. The van der Waals surface area contributed by atoms with Gasteiger partial charge in [0.25, 0.3) is 5.69 Å². The average Bonchev–Trinajstić information content (AvgIpc) is 3.08. The van der Waals surface area contributed by atoms with Gasteiger partial charge in [-0.1, -0.05) is 0 Å². The van der Waals surface area contributed by atoms with Gasteiger partial charge in [-0.05, 0) is 29.8 Å². The van der Waals surface area contributed by atoms with E-state index in [-0.39, 0.29) is 11.6 Å². The SMILES string of the molecule is O=[N+]([O-])c1ccc(Oc2ccc(/C=N\n3cnnc3)cc2)nc1. The molecule has 9 nitrogen and oxygen atoms in total. The van der Waals surface area contributed by atoms with Crippen LogP contribution in [0.1, 0.15) is 5.56 Å². The summed E-state index contributed by atoms with van der Waals surface area (Å²) in [6.07, 6.45) is 5.76. The maximum absolute atomic E-state index is 10.6. The fraction of sp³-hybridized carbons (Fsp3) is 0. The Bertz CT molecular complexity index is 813. The summed E-state index contributed by atoms with van der Waals surface area (Å²) in [5.74, 6) is 0.842. The lowest BCUT2D eigenvalue weighted by molar-refractivity contribution is -0.385. The molecule has 0 aliphatic rings. The Hall–Kier alpha value is -3.62. The minimum absolute atomic E-state index is 0.0853. The average molecular weight is 310 g/mol. The standard InChI is InChI=1S/C14H10N6O3/c21-20(22)12-3-6-14(15-8-12)23-13-4-1-11(2-5-13)7-18-19-9-16-17-10-19/h1-10H/b18-7-. The molecule has 0 saturated carbocycles. The lowest BCUT2D eigenvalue weighted by atomic mass is 10.2. The Kier molecular flexibility index (Phi) is 4.01. The normalized spacial score (nSPS) is 10.8. The molecule has 0 unspecified atom stereocenters. The van der Waals surface area contributed by atoms with Crippen molar-refractivity contribution in [3.63, 3.8) is 0 Å². The minimum atomic E-state index is -0.513. The summed E-state index contributed by atoms with van der Waals surface area (Å²) >= 11 is 0. The maximum Gasteiger partial charge on any atom is 0.287 e. The van der Waals surface area contributed by atoms with Crippen molar-refractivity contribution >= 4 is 11.9 Å². The number of aromatic nitrogens is 4. The smallest absolute Gasteiger partial charge is 0.287 e. The minimum Gasteiger partial charge on any atom is -0.439 e. The number of benzene rings is 1. The summed E-state index contributed by atoms with van der Waals surface area (Å²) in [5.41, 5.74) is 0.778. The van der Waals surface area contributed by atoms with Gasteiger partial charge in [0.05, 0.1) is 11.1 Å². The molecule has 3 aromatic rings. The first-order chi connectivity index (χ1) is 11.2. The van der Waals surface area contributed by atoms with Crippen LogP contribution in [0.5, 0.6) is 11.6 Å². The van der Waals surface area contributed by atoms with Crippen LogP contribution in [0.2, 0.25) is 0 Å². The van der Waals surface area contributed by atoms with Gasteiger partial charge in [0.15, 0.2) is 0 Å². The van der Waals surface area contributed by atoms with Crippen LogP contribution in [0.25, 0.3) is 0 Å². The highest BCUT2D eigenvalue weighted by Gasteiger charge is 2.06. The number of pyridine rings is 1. The summed E-state index contributed by atoms with van der Waals surface area (Å²) in [7, 11) is 0. The van der Waals surface area contributed by atoms with Crippen LogP contribution >= 0.6 is 0 Å². The zero-order valence-electron chi connectivity index (χ0n) is 11.7. The van der Waals surface area contributed by atoms with Crippen molar-refractivity contribution < 1.29 is 9.66 Å². The van der Waals surface area contributed by atoms with E-state index in [4.69, 9.17) is 4.74 Å². The van der Waals surface area contributed by atoms with Crippen molar-refractivity contribution in [2.75, 3.05) is 0 Å². The van der Waals surface area contributed by atoms with Crippen molar-refractivity contribution in [3.05, 3.63) is 70.9 Å². The topological polar surface area (TPSA) is 108 Å². The molecule has 0 radical (unpaired) electrons.